The predicted molar refractivity (Wildman–Crippen MR) is 86.0 cm³/mol. The molecular formula is C17H15FN2OS. The fourth-order valence-corrected chi connectivity index (χ4v) is 2.99. The van der Waals surface area contributed by atoms with Crippen LogP contribution < -0.4 is 5.32 Å². The average Bonchev–Trinajstić information content (AvgIpc) is 3.18. The first kappa shape index (κ1) is 14.5. The Morgan fingerprint density at radius 3 is 2.77 bits per heavy atom. The van der Waals surface area contributed by atoms with Crippen LogP contribution in [0.2, 0.25) is 0 Å². The van der Waals surface area contributed by atoms with Gasteiger partial charge in [-0.05, 0) is 47.7 Å². The monoisotopic (exact) mass is 314 g/mol. The second kappa shape index (κ2) is 6.15. The van der Waals surface area contributed by atoms with E-state index in [2.05, 4.69) is 5.32 Å². The van der Waals surface area contributed by atoms with Gasteiger partial charge < -0.3 is 9.88 Å². The lowest BCUT2D eigenvalue weighted by atomic mass is 10.1. The molecule has 0 atom stereocenters. The fraction of sp³-hybridized carbons (Fsp3) is 0.118. The number of carbonyl (C=O) groups excluding carboxylic acids is 1. The molecule has 0 aliphatic rings. The summed E-state index contributed by atoms with van der Waals surface area (Å²) < 4.78 is 15.4. The molecule has 3 rings (SSSR count). The molecule has 0 aliphatic carbocycles. The van der Waals surface area contributed by atoms with Gasteiger partial charge in [0, 0.05) is 18.9 Å². The van der Waals surface area contributed by atoms with Gasteiger partial charge in [0.15, 0.2) is 0 Å². The summed E-state index contributed by atoms with van der Waals surface area (Å²) in [6.45, 7) is 2.02. The number of thiophene rings is 1. The van der Waals surface area contributed by atoms with Gasteiger partial charge in [-0.15, -0.1) is 11.3 Å². The standard InChI is InChI=1S/C17H15FN2OS/c1-12-4-5-13(10-14(12)18)11-19-17(21)16-15(6-9-22-16)20-7-2-3-8-20/h2-10H,11H2,1H3,(H,19,21). The molecule has 2 heterocycles. The molecule has 0 aliphatic heterocycles. The minimum absolute atomic E-state index is 0.153. The van der Waals surface area contributed by atoms with Crippen molar-refractivity contribution in [3.63, 3.8) is 0 Å². The molecule has 0 unspecified atom stereocenters. The molecule has 0 spiro atoms. The number of halogens is 1. The predicted octanol–water partition coefficient (Wildman–Crippen LogP) is 3.92. The van der Waals surface area contributed by atoms with Gasteiger partial charge in [-0.2, -0.15) is 0 Å². The van der Waals surface area contributed by atoms with Crippen molar-refractivity contribution in [3.8, 4) is 5.69 Å². The summed E-state index contributed by atoms with van der Waals surface area (Å²) >= 11 is 1.39. The first-order chi connectivity index (χ1) is 10.6. The molecule has 1 aromatic carbocycles. The van der Waals surface area contributed by atoms with Crippen molar-refractivity contribution < 1.29 is 9.18 Å². The van der Waals surface area contributed by atoms with Crippen molar-refractivity contribution in [1.29, 1.82) is 0 Å². The van der Waals surface area contributed by atoms with E-state index in [1.807, 2.05) is 46.6 Å². The third-order valence-corrected chi connectivity index (χ3v) is 4.33. The average molecular weight is 314 g/mol. The number of nitrogens with zero attached hydrogens (tertiary/aromatic N) is 1. The summed E-state index contributed by atoms with van der Waals surface area (Å²) in [5.74, 6) is -0.407. The van der Waals surface area contributed by atoms with E-state index in [9.17, 15) is 9.18 Å². The molecule has 0 saturated heterocycles. The highest BCUT2D eigenvalue weighted by molar-refractivity contribution is 7.12. The maximum Gasteiger partial charge on any atom is 0.263 e. The summed E-state index contributed by atoms with van der Waals surface area (Å²) in [6, 6.07) is 10.7. The van der Waals surface area contributed by atoms with Gasteiger partial charge in [-0.1, -0.05) is 12.1 Å². The largest absolute Gasteiger partial charge is 0.347 e. The van der Waals surface area contributed by atoms with Crippen LogP contribution in [0.4, 0.5) is 4.39 Å². The van der Waals surface area contributed by atoms with Gasteiger partial charge >= 0.3 is 0 Å². The topological polar surface area (TPSA) is 34.0 Å². The summed E-state index contributed by atoms with van der Waals surface area (Å²) in [4.78, 5) is 13.0. The van der Waals surface area contributed by atoms with Crippen molar-refractivity contribution in [2.24, 2.45) is 0 Å². The molecule has 2 aromatic heterocycles. The minimum Gasteiger partial charge on any atom is -0.347 e. The number of aryl methyl sites for hydroxylation is 1. The molecule has 0 fully saturated rings. The summed E-state index contributed by atoms with van der Waals surface area (Å²) in [7, 11) is 0. The molecule has 0 bridgehead atoms. The lowest BCUT2D eigenvalue weighted by molar-refractivity contribution is 0.0955. The summed E-state index contributed by atoms with van der Waals surface area (Å²) in [6.07, 6.45) is 3.79. The summed E-state index contributed by atoms with van der Waals surface area (Å²) in [5, 5.41) is 4.73. The smallest absolute Gasteiger partial charge is 0.263 e. The van der Waals surface area contributed by atoms with E-state index in [0.717, 1.165) is 11.3 Å². The van der Waals surface area contributed by atoms with E-state index in [0.29, 0.717) is 17.0 Å². The van der Waals surface area contributed by atoms with Crippen LogP contribution in [-0.4, -0.2) is 10.5 Å². The highest BCUT2D eigenvalue weighted by Gasteiger charge is 2.14. The Labute approximate surface area is 132 Å². The molecule has 1 N–H and O–H groups in total. The summed E-state index contributed by atoms with van der Waals surface area (Å²) in [5.41, 5.74) is 2.20. The van der Waals surface area contributed by atoms with Gasteiger partial charge in [0.25, 0.3) is 5.91 Å². The van der Waals surface area contributed by atoms with Crippen molar-refractivity contribution in [1.82, 2.24) is 9.88 Å². The zero-order chi connectivity index (χ0) is 15.5. The third-order valence-electron chi connectivity index (χ3n) is 3.42. The van der Waals surface area contributed by atoms with Crippen LogP contribution in [0.5, 0.6) is 0 Å². The molecule has 0 saturated carbocycles. The van der Waals surface area contributed by atoms with Crippen molar-refractivity contribution in [2.75, 3.05) is 0 Å². The Balaban J connectivity index is 1.73. The van der Waals surface area contributed by atoms with Crippen LogP contribution in [0.25, 0.3) is 5.69 Å². The highest BCUT2D eigenvalue weighted by Crippen LogP contribution is 2.21. The first-order valence-corrected chi connectivity index (χ1v) is 7.77. The third kappa shape index (κ3) is 2.94. The number of carbonyl (C=O) groups is 1. The van der Waals surface area contributed by atoms with Gasteiger partial charge in [0.05, 0.1) is 5.69 Å². The maximum atomic E-state index is 13.5. The Morgan fingerprint density at radius 2 is 2.05 bits per heavy atom. The lowest BCUT2D eigenvalue weighted by Crippen LogP contribution is -2.23. The van der Waals surface area contributed by atoms with E-state index >= 15 is 0 Å². The van der Waals surface area contributed by atoms with Crippen LogP contribution in [0.1, 0.15) is 20.8 Å². The molecule has 112 valence electrons. The van der Waals surface area contributed by atoms with Crippen LogP contribution in [-0.2, 0) is 6.54 Å². The normalized spacial score (nSPS) is 10.6. The molecule has 3 aromatic rings. The zero-order valence-electron chi connectivity index (χ0n) is 12.0. The molecule has 0 radical (unpaired) electrons. The van der Waals surface area contributed by atoms with E-state index in [1.165, 1.54) is 17.4 Å². The number of aromatic nitrogens is 1. The van der Waals surface area contributed by atoms with E-state index in [-0.39, 0.29) is 11.7 Å². The number of rotatable bonds is 4. The Kier molecular flexibility index (Phi) is 4.06. The molecular weight excluding hydrogens is 299 g/mol. The number of nitrogens with one attached hydrogen (secondary N) is 1. The minimum atomic E-state index is -0.254. The first-order valence-electron chi connectivity index (χ1n) is 6.89. The maximum absolute atomic E-state index is 13.5. The Hall–Kier alpha value is -2.40. The Bertz CT molecular complexity index is 793. The van der Waals surface area contributed by atoms with Crippen LogP contribution in [0, 0.1) is 12.7 Å². The van der Waals surface area contributed by atoms with Crippen LogP contribution in [0.3, 0.4) is 0 Å². The van der Waals surface area contributed by atoms with Gasteiger partial charge in [-0.25, -0.2) is 4.39 Å². The van der Waals surface area contributed by atoms with E-state index in [1.54, 1.807) is 13.0 Å². The SMILES string of the molecule is Cc1ccc(CNC(=O)c2sccc2-n2cccc2)cc1F. The van der Waals surface area contributed by atoms with Crippen molar-refractivity contribution in [2.45, 2.75) is 13.5 Å². The highest BCUT2D eigenvalue weighted by atomic mass is 32.1. The number of amides is 1. The van der Waals surface area contributed by atoms with Crippen LogP contribution in [0.15, 0.2) is 54.2 Å². The molecule has 1 amide bonds. The van der Waals surface area contributed by atoms with Crippen molar-refractivity contribution >= 4 is 17.2 Å². The second-order valence-electron chi connectivity index (χ2n) is 4.99. The van der Waals surface area contributed by atoms with Crippen molar-refractivity contribution in [3.05, 3.63) is 76.0 Å². The van der Waals surface area contributed by atoms with Gasteiger partial charge in [0.1, 0.15) is 10.7 Å². The number of benzene rings is 1. The van der Waals surface area contributed by atoms with Gasteiger partial charge in [-0.3, -0.25) is 4.79 Å². The lowest BCUT2D eigenvalue weighted by Gasteiger charge is -2.08. The quantitative estimate of drug-likeness (QED) is 0.778. The fourth-order valence-electron chi connectivity index (χ4n) is 2.18. The number of hydrogen-bond donors (Lipinski definition) is 1. The Morgan fingerprint density at radius 1 is 1.27 bits per heavy atom. The molecule has 5 heteroatoms. The van der Waals surface area contributed by atoms with Gasteiger partial charge in [0.2, 0.25) is 0 Å². The number of hydrogen-bond acceptors (Lipinski definition) is 2. The van der Waals surface area contributed by atoms with E-state index in [4.69, 9.17) is 0 Å². The second-order valence-corrected chi connectivity index (χ2v) is 5.91. The zero-order valence-corrected chi connectivity index (χ0v) is 12.9. The molecule has 22 heavy (non-hydrogen) atoms. The van der Waals surface area contributed by atoms with E-state index < -0.39 is 0 Å². The molecule has 3 nitrogen and oxygen atoms in total. The van der Waals surface area contributed by atoms with Crippen LogP contribution >= 0.6 is 11.3 Å².